The zero-order valence-corrected chi connectivity index (χ0v) is 16.1. The predicted octanol–water partition coefficient (Wildman–Crippen LogP) is 2.24. The molecule has 9 heteroatoms. The fourth-order valence-electron chi connectivity index (χ4n) is 2.52. The Balaban J connectivity index is 1.57. The number of rotatable bonds is 6. The van der Waals surface area contributed by atoms with Gasteiger partial charge in [0.15, 0.2) is 0 Å². The highest BCUT2D eigenvalue weighted by atomic mass is 32.2. The topological polar surface area (TPSA) is 75.7 Å². The van der Waals surface area contributed by atoms with Crippen LogP contribution in [0, 0.1) is 5.82 Å². The Morgan fingerprint density at radius 3 is 2.78 bits per heavy atom. The van der Waals surface area contributed by atoms with Gasteiger partial charge in [0.1, 0.15) is 10.0 Å². The number of hydrogen-bond donors (Lipinski definition) is 1. The van der Waals surface area contributed by atoms with E-state index in [0.29, 0.717) is 31.9 Å². The molecule has 1 aromatic heterocycles. The highest BCUT2D eigenvalue weighted by Gasteiger charge is 2.27. The molecule has 0 unspecified atom stereocenters. The standard InChI is InChI=1S/C18H19FN2O4S2/c19-15-3-1-2-14(12-15)4-6-17(22)20-13-16-5-7-18(26-16)27(23,24)21-8-10-25-11-9-21/h1-7,12H,8-11,13H2,(H,20,22)/b6-4+. The van der Waals surface area contributed by atoms with Crippen LogP contribution in [0.5, 0.6) is 0 Å². The number of amides is 1. The summed E-state index contributed by atoms with van der Waals surface area (Å²) in [6, 6.07) is 9.15. The zero-order valence-electron chi connectivity index (χ0n) is 14.4. The van der Waals surface area contributed by atoms with Crippen molar-refractivity contribution in [3.8, 4) is 0 Å². The summed E-state index contributed by atoms with van der Waals surface area (Å²) in [5.41, 5.74) is 0.583. The third-order valence-electron chi connectivity index (χ3n) is 3.91. The Kier molecular flexibility index (Phi) is 6.38. The van der Waals surface area contributed by atoms with Crippen molar-refractivity contribution in [2.75, 3.05) is 26.3 Å². The molecule has 0 spiro atoms. The highest BCUT2D eigenvalue weighted by Crippen LogP contribution is 2.25. The number of nitrogens with zero attached hydrogens (tertiary/aromatic N) is 1. The third kappa shape index (κ3) is 5.23. The van der Waals surface area contributed by atoms with Crippen molar-refractivity contribution in [2.45, 2.75) is 10.8 Å². The molecule has 27 heavy (non-hydrogen) atoms. The Labute approximate surface area is 161 Å². The largest absolute Gasteiger partial charge is 0.379 e. The zero-order chi connectivity index (χ0) is 19.3. The Morgan fingerprint density at radius 2 is 2.04 bits per heavy atom. The Hall–Kier alpha value is -2.07. The van der Waals surface area contributed by atoms with Gasteiger partial charge in [0.2, 0.25) is 5.91 Å². The quantitative estimate of drug-likeness (QED) is 0.741. The van der Waals surface area contributed by atoms with Crippen LogP contribution in [0.1, 0.15) is 10.4 Å². The van der Waals surface area contributed by atoms with E-state index in [-0.39, 0.29) is 22.5 Å². The van der Waals surface area contributed by atoms with Crippen molar-refractivity contribution in [3.05, 3.63) is 58.7 Å². The molecule has 0 saturated carbocycles. The SMILES string of the molecule is O=C(/C=C/c1cccc(F)c1)NCc1ccc(S(=O)(=O)N2CCOCC2)s1. The van der Waals surface area contributed by atoms with Gasteiger partial charge in [-0.3, -0.25) is 4.79 Å². The van der Waals surface area contributed by atoms with Crippen molar-refractivity contribution in [1.29, 1.82) is 0 Å². The second-order valence-corrected chi connectivity index (χ2v) is 9.18. The summed E-state index contributed by atoms with van der Waals surface area (Å²) in [6.07, 6.45) is 2.83. The molecule has 144 valence electrons. The number of benzene rings is 1. The van der Waals surface area contributed by atoms with Gasteiger partial charge in [-0.05, 0) is 35.9 Å². The van der Waals surface area contributed by atoms with Crippen LogP contribution in [0.2, 0.25) is 0 Å². The van der Waals surface area contributed by atoms with E-state index in [1.54, 1.807) is 24.3 Å². The van der Waals surface area contributed by atoms with E-state index in [1.807, 2.05) is 0 Å². The first-order chi connectivity index (χ1) is 12.9. The summed E-state index contributed by atoms with van der Waals surface area (Å²) in [6.45, 7) is 1.69. The van der Waals surface area contributed by atoms with Gasteiger partial charge in [-0.1, -0.05) is 12.1 Å². The molecule has 2 heterocycles. The number of hydrogen-bond acceptors (Lipinski definition) is 5. The maximum Gasteiger partial charge on any atom is 0.252 e. The summed E-state index contributed by atoms with van der Waals surface area (Å²) in [4.78, 5) is 12.6. The Morgan fingerprint density at radius 1 is 1.26 bits per heavy atom. The minimum atomic E-state index is -3.52. The van der Waals surface area contributed by atoms with Crippen molar-refractivity contribution in [3.63, 3.8) is 0 Å². The molecular formula is C18H19FN2O4S2. The van der Waals surface area contributed by atoms with Crippen molar-refractivity contribution >= 4 is 33.3 Å². The summed E-state index contributed by atoms with van der Waals surface area (Å²) in [7, 11) is -3.52. The fraction of sp³-hybridized carbons (Fsp3) is 0.278. The first-order valence-corrected chi connectivity index (χ1v) is 10.6. The van der Waals surface area contributed by atoms with Crippen LogP contribution in [0.25, 0.3) is 6.08 Å². The number of carbonyl (C=O) groups is 1. The van der Waals surface area contributed by atoms with Crippen LogP contribution in [-0.4, -0.2) is 44.9 Å². The lowest BCUT2D eigenvalue weighted by Gasteiger charge is -2.25. The van der Waals surface area contributed by atoms with Gasteiger partial charge < -0.3 is 10.1 Å². The fourth-order valence-corrected chi connectivity index (χ4v) is 5.38. The number of morpholine rings is 1. The minimum Gasteiger partial charge on any atom is -0.379 e. The highest BCUT2D eigenvalue weighted by molar-refractivity contribution is 7.91. The van der Waals surface area contributed by atoms with Crippen molar-refractivity contribution in [2.24, 2.45) is 0 Å². The smallest absolute Gasteiger partial charge is 0.252 e. The summed E-state index contributed by atoms with van der Waals surface area (Å²) in [5, 5.41) is 2.69. The number of carbonyl (C=O) groups excluding carboxylic acids is 1. The summed E-state index contributed by atoms with van der Waals surface area (Å²) >= 11 is 1.13. The summed E-state index contributed by atoms with van der Waals surface area (Å²) in [5.74, 6) is -0.713. The first kappa shape index (κ1) is 19.7. The molecule has 1 amide bonds. The van der Waals surface area contributed by atoms with Crippen LogP contribution >= 0.6 is 11.3 Å². The number of ether oxygens (including phenoxy) is 1. The molecule has 1 N–H and O–H groups in total. The van der Waals surface area contributed by atoms with Crippen LogP contribution < -0.4 is 5.32 Å². The average Bonchev–Trinajstić information content (AvgIpc) is 3.15. The lowest BCUT2D eigenvalue weighted by molar-refractivity contribution is -0.116. The molecule has 0 atom stereocenters. The van der Waals surface area contributed by atoms with Crippen molar-refractivity contribution < 1.29 is 22.3 Å². The lowest BCUT2D eigenvalue weighted by atomic mass is 10.2. The van der Waals surface area contributed by atoms with E-state index >= 15 is 0 Å². The first-order valence-electron chi connectivity index (χ1n) is 8.33. The van der Waals surface area contributed by atoms with Gasteiger partial charge in [0.05, 0.1) is 19.8 Å². The Bertz CT molecular complexity index is 934. The van der Waals surface area contributed by atoms with Crippen LogP contribution in [0.4, 0.5) is 4.39 Å². The van der Waals surface area contributed by atoms with E-state index in [9.17, 15) is 17.6 Å². The lowest BCUT2D eigenvalue weighted by Crippen LogP contribution is -2.40. The van der Waals surface area contributed by atoms with Gasteiger partial charge in [0, 0.05) is 24.0 Å². The average molecular weight is 410 g/mol. The number of sulfonamides is 1. The van der Waals surface area contributed by atoms with Gasteiger partial charge in [-0.25, -0.2) is 12.8 Å². The van der Waals surface area contributed by atoms with Gasteiger partial charge >= 0.3 is 0 Å². The maximum atomic E-state index is 13.1. The van der Waals surface area contributed by atoms with E-state index in [4.69, 9.17) is 4.74 Å². The molecule has 1 aromatic carbocycles. The van der Waals surface area contributed by atoms with E-state index in [1.165, 1.54) is 28.6 Å². The van der Waals surface area contributed by atoms with E-state index < -0.39 is 10.0 Å². The molecule has 0 aliphatic carbocycles. The monoisotopic (exact) mass is 410 g/mol. The third-order valence-corrected chi connectivity index (χ3v) is 7.37. The molecular weight excluding hydrogens is 391 g/mol. The van der Waals surface area contributed by atoms with Gasteiger partial charge in [-0.15, -0.1) is 11.3 Å². The van der Waals surface area contributed by atoms with Crippen molar-refractivity contribution in [1.82, 2.24) is 9.62 Å². The number of halogens is 1. The maximum absolute atomic E-state index is 13.1. The number of nitrogens with one attached hydrogen (secondary N) is 1. The molecule has 2 aromatic rings. The second-order valence-electron chi connectivity index (χ2n) is 5.84. The van der Waals surface area contributed by atoms with Crippen LogP contribution in [-0.2, 0) is 26.1 Å². The molecule has 1 aliphatic heterocycles. The molecule has 0 radical (unpaired) electrons. The molecule has 0 bridgehead atoms. The molecule has 1 fully saturated rings. The van der Waals surface area contributed by atoms with Crippen LogP contribution in [0.3, 0.4) is 0 Å². The van der Waals surface area contributed by atoms with Gasteiger partial charge in [0.25, 0.3) is 10.0 Å². The van der Waals surface area contributed by atoms with E-state index in [0.717, 1.165) is 16.2 Å². The number of thiophene rings is 1. The van der Waals surface area contributed by atoms with Gasteiger partial charge in [-0.2, -0.15) is 4.31 Å². The van der Waals surface area contributed by atoms with E-state index in [2.05, 4.69) is 5.32 Å². The minimum absolute atomic E-state index is 0.218. The molecule has 1 saturated heterocycles. The molecule has 3 rings (SSSR count). The predicted molar refractivity (Wildman–Crippen MR) is 101 cm³/mol. The molecule has 6 nitrogen and oxygen atoms in total. The normalized spacial score (nSPS) is 15.9. The molecule has 1 aliphatic rings. The van der Waals surface area contributed by atoms with Crippen LogP contribution in [0.15, 0.2) is 46.7 Å². The summed E-state index contributed by atoms with van der Waals surface area (Å²) < 4.78 is 45.1. The second kappa shape index (κ2) is 8.75.